The molecule has 2 unspecified atom stereocenters. The highest BCUT2D eigenvalue weighted by Gasteiger charge is 2.35. The van der Waals surface area contributed by atoms with Gasteiger partial charge in [0.05, 0.1) is 12.1 Å². The Morgan fingerprint density at radius 1 is 1.26 bits per heavy atom. The minimum atomic E-state index is -1.64. The first-order chi connectivity index (χ1) is 12.6. The van der Waals surface area contributed by atoms with E-state index in [9.17, 15) is 24.0 Å². The van der Waals surface area contributed by atoms with Crippen molar-refractivity contribution in [3.8, 4) is 5.75 Å². The molecule has 2 atom stereocenters. The second-order valence-electron chi connectivity index (χ2n) is 5.96. The molecule has 0 saturated heterocycles. The SMILES string of the molecule is CC(=O)c1ccc2c(c1)N(C(C)C(=O)NC(CC(=O)O)C(=O)O)C(=O)CO2. The van der Waals surface area contributed by atoms with Crippen molar-refractivity contribution < 1.29 is 38.9 Å². The van der Waals surface area contributed by atoms with Crippen LogP contribution in [0.2, 0.25) is 0 Å². The Bertz CT molecular complexity index is 819. The van der Waals surface area contributed by atoms with E-state index in [-0.39, 0.29) is 18.1 Å². The number of carbonyl (C=O) groups is 5. The number of nitrogens with zero attached hydrogens (tertiary/aromatic N) is 1. The number of hydrogen-bond acceptors (Lipinski definition) is 6. The fourth-order valence-electron chi connectivity index (χ4n) is 2.60. The first kappa shape index (κ1) is 19.9. The lowest BCUT2D eigenvalue weighted by atomic mass is 10.1. The molecular weight excluding hydrogens is 360 g/mol. The van der Waals surface area contributed by atoms with Crippen molar-refractivity contribution in [2.75, 3.05) is 11.5 Å². The number of aliphatic carboxylic acids is 2. The van der Waals surface area contributed by atoms with Crippen LogP contribution in [0.4, 0.5) is 5.69 Å². The molecule has 1 aliphatic rings. The molecule has 0 fully saturated rings. The van der Waals surface area contributed by atoms with Crippen LogP contribution in [-0.4, -0.2) is 58.4 Å². The number of nitrogens with one attached hydrogen (secondary N) is 1. The topological polar surface area (TPSA) is 150 Å². The molecular formula is C17H18N2O8. The summed E-state index contributed by atoms with van der Waals surface area (Å²) in [4.78, 5) is 59.3. The van der Waals surface area contributed by atoms with E-state index < -0.39 is 42.3 Å². The zero-order valence-electron chi connectivity index (χ0n) is 14.6. The molecule has 144 valence electrons. The lowest BCUT2D eigenvalue weighted by Crippen LogP contribution is -2.54. The van der Waals surface area contributed by atoms with Gasteiger partial charge in [-0.15, -0.1) is 0 Å². The molecule has 1 heterocycles. The Morgan fingerprint density at radius 2 is 1.93 bits per heavy atom. The summed E-state index contributed by atoms with van der Waals surface area (Å²) < 4.78 is 5.30. The highest BCUT2D eigenvalue weighted by atomic mass is 16.5. The third kappa shape index (κ3) is 4.40. The zero-order chi connectivity index (χ0) is 20.3. The van der Waals surface area contributed by atoms with Gasteiger partial charge < -0.3 is 20.3 Å². The summed E-state index contributed by atoms with van der Waals surface area (Å²) in [6.07, 6.45) is -0.810. The minimum Gasteiger partial charge on any atom is -0.482 e. The molecule has 0 spiro atoms. The molecule has 0 aromatic heterocycles. The fraction of sp³-hybridized carbons (Fsp3) is 0.353. The van der Waals surface area contributed by atoms with Gasteiger partial charge in [0.25, 0.3) is 5.91 Å². The Morgan fingerprint density at radius 3 is 2.48 bits per heavy atom. The summed E-state index contributed by atoms with van der Waals surface area (Å²) in [5.74, 6) is -4.27. The van der Waals surface area contributed by atoms with Crippen LogP contribution in [0, 0.1) is 0 Å². The number of fused-ring (bicyclic) bond motifs is 1. The molecule has 2 amide bonds. The number of anilines is 1. The van der Waals surface area contributed by atoms with Gasteiger partial charge in [0.15, 0.2) is 12.4 Å². The zero-order valence-corrected chi connectivity index (χ0v) is 14.6. The van der Waals surface area contributed by atoms with E-state index in [0.717, 1.165) is 4.90 Å². The number of Topliss-reactive ketones (excluding diaryl/α,β-unsaturated/α-hetero) is 1. The second-order valence-corrected chi connectivity index (χ2v) is 5.96. The van der Waals surface area contributed by atoms with Crippen molar-refractivity contribution in [3.05, 3.63) is 23.8 Å². The second kappa shape index (κ2) is 7.85. The van der Waals surface area contributed by atoms with E-state index in [0.29, 0.717) is 11.3 Å². The monoisotopic (exact) mass is 378 g/mol. The Hall–Kier alpha value is -3.43. The first-order valence-electron chi connectivity index (χ1n) is 7.96. The summed E-state index contributed by atoms with van der Waals surface area (Å²) >= 11 is 0. The van der Waals surface area contributed by atoms with Gasteiger partial charge in [-0.3, -0.25) is 24.1 Å². The molecule has 27 heavy (non-hydrogen) atoms. The number of amides is 2. The van der Waals surface area contributed by atoms with E-state index in [1.54, 1.807) is 0 Å². The first-order valence-corrected chi connectivity index (χ1v) is 7.96. The maximum absolute atomic E-state index is 12.4. The molecule has 0 saturated carbocycles. The van der Waals surface area contributed by atoms with Crippen molar-refractivity contribution >= 4 is 35.2 Å². The van der Waals surface area contributed by atoms with E-state index in [1.807, 2.05) is 0 Å². The maximum atomic E-state index is 12.4. The number of hydrogen-bond donors (Lipinski definition) is 3. The van der Waals surface area contributed by atoms with Crippen molar-refractivity contribution in [3.63, 3.8) is 0 Å². The lowest BCUT2D eigenvalue weighted by molar-refractivity contribution is -0.147. The van der Waals surface area contributed by atoms with E-state index in [1.165, 1.54) is 32.0 Å². The van der Waals surface area contributed by atoms with Crippen molar-refractivity contribution in [2.24, 2.45) is 0 Å². The van der Waals surface area contributed by atoms with E-state index >= 15 is 0 Å². The average Bonchev–Trinajstić information content (AvgIpc) is 2.59. The van der Waals surface area contributed by atoms with Crippen LogP contribution in [-0.2, 0) is 19.2 Å². The van der Waals surface area contributed by atoms with Crippen molar-refractivity contribution in [1.82, 2.24) is 5.32 Å². The van der Waals surface area contributed by atoms with Crippen LogP contribution in [0.15, 0.2) is 18.2 Å². The van der Waals surface area contributed by atoms with Crippen molar-refractivity contribution in [2.45, 2.75) is 32.4 Å². The van der Waals surface area contributed by atoms with Gasteiger partial charge in [0, 0.05) is 5.56 Å². The third-order valence-corrected chi connectivity index (χ3v) is 4.00. The number of carboxylic acid groups (broad SMARTS) is 2. The standard InChI is InChI=1S/C17H18N2O8/c1-8(16(24)18-11(17(25)26)6-15(22)23)19-12-5-10(9(2)20)3-4-13(12)27-7-14(19)21/h3-5,8,11H,6-7H2,1-2H3,(H,18,24)(H,22,23)(H,25,26). The number of benzene rings is 1. The van der Waals surface area contributed by atoms with Crippen LogP contribution < -0.4 is 15.0 Å². The smallest absolute Gasteiger partial charge is 0.326 e. The summed E-state index contributed by atoms with van der Waals surface area (Å²) in [6, 6.07) is 1.63. The summed E-state index contributed by atoms with van der Waals surface area (Å²) in [5.41, 5.74) is 0.505. The number of rotatable bonds is 7. The summed E-state index contributed by atoms with van der Waals surface area (Å²) in [5, 5.41) is 19.9. The Kier molecular flexibility index (Phi) is 5.78. The third-order valence-electron chi connectivity index (χ3n) is 4.00. The minimum absolute atomic E-state index is 0.201. The van der Waals surface area contributed by atoms with E-state index in [2.05, 4.69) is 5.32 Å². The molecule has 3 N–H and O–H groups in total. The number of carbonyl (C=O) groups excluding carboxylic acids is 3. The predicted molar refractivity (Wildman–Crippen MR) is 90.7 cm³/mol. The molecule has 10 nitrogen and oxygen atoms in total. The maximum Gasteiger partial charge on any atom is 0.326 e. The van der Waals surface area contributed by atoms with Gasteiger partial charge in [0.1, 0.15) is 17.8 Å². The highest BCUT2D eigenvalue weighted by molar-refractivity contribution is 6.05. The van der Waals surface area contributed by atoms with Gasteiger partial charge in [-0.25, -0.2) is 4.79 Å². The molecule has 0 aliphatic carbocycles. The normalized spacial score (nSPS) is 15.2. The number of carboxylic acids is 2. The molecule has 1 aromatic carbocycles. The van der Waals surface area contributed by atoms with Gasteiger partial charge in [0.2, 0.25) is 5.91 Å². The molecule has 1 aliphatic heterocycles. The largest absolute Gasteiger partial charge is 0.482 e. The van der Waals surface area contributed by atoms with Gasteiger partial charge >= 0.3 is 11.9 Å². The Labute approximate surface area is 153 Å². The van der Waals surface area contributed by atoms with Crippen LogP contribution in [0.5, 0.6) is 5.75 Å². The van der Waals surface area contributed by atoms with Gasteiger partial charge in [-0.1, -0.05) is 0 Å². The number of ether oxygens (including phenoxy) is 1. The molecule has 2 rings (SSSR count). The highest BCUT2D eigenvalue weighted by Crippen LogP contribution is 2.34. The van der Waals surface area contributed by atoms with Crippen LogP contribution in [0.1, 0.15) is 30.6 Å². The van der Waals surface area contributed by atoms with Crippen LogP contribution in [0.25, 0.3) is 0 Å². The average molecular weight is 378 g/mol. The van der Waals surface area contributed by atoms with Crippen molar-refractivity contribution in [1.29, 1.82) is 0 Å². The molecule has 1 aromatic rings. The predicted octanol–water partition coefficient (Wildman–Crippen LogP) is 0.0472. The molecule has 10 heteroatoms. The fourth-order valence-corrected chi connectivity index (χ4v) is 2.60. The summed E-state index contributed by atoms with van der Waals surface area (Å²) in [7, 11) is 0. The van der Waals surface area contributed by atoms with Crippen LogP contribution >= 0.6 is 0 Å². The van der Waals surface area contributed by atoms with Crippen LogP contribution in [0.3, 0.4) is 0 Å². The Balaban J connectivity index is 2.31. The summed E-state index contributed by atoms with van der Waals surface area (Å²) in [6.45, 7) is 2.38. The van der Waals surface area contributed by atoms with Gasteiger partial charge in [-0.05, 0) is 32.0 Å². The molecule has 0 radical (unpaired) electrons. The van der Waals surface area contributed by atoms with E-state index in [4.69, 9.17) is 14.9 Å². The molecule has 0 bridgehead atoms. The quantitative estimate of drug-likeness (QED) is 0.563. The number of ketones is 1. The lowest BCUT2D eigenvalue weighted by Gasteiger charge is -2.34. The van der Waals surface area contributed by atoms with Gasteiger partial charge in [-0.2, -0.15) is 0 Å².